The number of aromatic nitrogens is 1. The minimum Gasteiger partial charge on any atom is -0.481 e. The molecule has 0 aliphatic heterocycles. The van der Waals surface area contributed by atoms with Gasteiger partial charge in [0.1, 0.15) is 5.01 Å². The van der Waals surface area contributed by atoms with E-state index >= 15 is 0 Å². The summed E-state index contributed by atoms with van der Waals surface area (Å²) in [5.41, 5.74) is 3.64. The van der Waals surface area contributed by atoms with Crippen molar-refractivity contribution in [1.82, 2.24) is 4.98 Å². The Bertz CT molecular complexity index is 811. The second-order valence-corrected chi connectivity index (χ2v) is 6.15. The monoisotopic (exact) mass is 323 g/mol. The van der Waals surface area contributed by atoms with Gasteiger partial charge in [-0.25, -0.2) is 4.98 Å². The Balaban J connectivity index is 2.03. The molecule has 0 saturated heterocycles. The van der Waals surface area contributed by atoms with Crippen molar-refractivity contribution in [1.29, 1.82) is 0 Å². The first-order valence-electron chi connectivity index (χ1n) is 7.53. The van der Waals surface area contributed by atoms with Gasteiger partial charge in [-0.15, -0.1) is 11.3 Å². The molecule has 3 rings (SSSR count). The first-order valence-corrected chi connectivity index (χ1v) is 8.41. The second kappa shape index (κ2) is 6.75. The summed E-state index contributed by atoms with van der Waals surface area (Å²) in [6, 6.07) is 17.7. The van der Waals surface area contributed by atoms with Gasteiger partial charge in [0.25, 0.3) is 0 Å². The number of nitrogens with zero attached hydrogens (tertiary/aromatic N) is 1. The van der Waals surface area contributed by atoms with Crippen LogP contribution < -0.4 is 0 Å². The lowest BCUT2D eigenvalue weighted by atomic mass is 9.91. The Morgan fingerprint density at radius 2 is 1.83 bits per heavy atom. The lowest BCUT2D eigenvalue weighted by Crippen LogP contribution is -2.11. The van der Waals surface area contributed by atoms with Crippen LogP contribution in [0.25, 0.3) is 21.8 Å². The largest absolute Gasteiger partial charge is 0.481 e. The predicted molar refractivity (Wildman–Crippen MR) is 93.7 cm³/mol. The molecule has 0 fully saturated rings. The quantitative estimate of drug-likeness (QED) is 0.714. The number of hydrogen-bond donors (Lipinski definition) is 1. The zero-order chi connectivity index (χ0) is 16.2. The zero-order valence-corrected chi connectivity index (χ0v) is 13.6. The number of carboxylic acid groups (broad SMARTS) is 1. The van der Waals surface area contributed by atoms with Crippen molar-refractivity contribution in [3.63, 3.8) is 0 Å². The standard InChI is InChI=1S/C19H17NO2S/c1-2-14(19(21)22)15-10-6-7-11-16(15)17-12-23-18(20-17)13-8-4-3-5-9-13/h3-12,14H,2H2,1H3,(H,21,22). The van der Waals surface area contributed by atoms with Gasteiger partial charge in [-0.3, -0.25) is 4.79 Å². The molecule has 0 radical (unpaired) electrons. The first-order chi connectivity index (χ1) is 11.2. The highest BCUT2D eigenvalue weighted by molar-refractivity contribution is 7.13. The van der Waals surface area contributed by atoms with Crippen molar-refractivity contribution in [2.24, 2.45) is 0 Å². The molecule has 23 heavy (non-hydrogen) atoms. The number of aliphatic carboxylic acids is 1. The molecular formula is C19H17NO2S. The van der Waals surface area contributed by atoms with Crippen molar-refractivity contribution in [2.45, 2.75) is 19.3 Å². The average Bonchev–Trinajstić information content (AvgIpc) is 3.06. The molecule has 2 aromatic carbocycles. The SMILES string of the molecule is CCC(C(=O)O)c1ccccc1-c1csc(-c2ccccc2)n1. The molecule has 0 aliphatic carbocycles. The Morgan fingerprint density at radius 1 is 1.13 bits per heavy atom. The summed E-state index contributed by atoms with van der Waals surface area (Å²) in [6.07, 6.45) is 0.558. The molecule has 1 atom stereocenters. The first kappa shape index (κ1) is 15.4. The number of hydrogen-bond acceptors (Lipinski definition) is 3. The van der Waals surface area contributed by atoms with Crippen molar-refractivity contribution < 1.29 is 9.90 Å². The van der Waals surface area contributed by atoms with E-state index in [0.29, 0.717) is 6.42 Å². The van der Waals surface area contributed by atoms with E-state index in [-0.39, 0.29) is 0 Å². The highest BCUT2D eigenvalue weighted by Gasteiger charge is 2.22. The summed E-state index contributed by atoms with van der Waals surface area (Å²) in [4.78, 5) is 16.2. The van der Waals surface area contributed by atoms with Gasteiger partial charge in [0, 0.05) is 16.5 Å². The molecule has 0 amide bonds. The molecule has 1 N–H and O–H groups in total. The van der Waals surface area contributed by atoms with Gasteiger partial charge >= 0.3 is 5.97 Å². The maximum absolute atomic E-state index is 11.5. The van der Waals surface area contributed by atoms with Crippen LogP contribution in [0, 0.1) is 0 Å². The molecule has 116 valence electrons. The second-order valence-electron chi connectivity index (χ2n) is 5.29. The molecule has 0 bridgehead atoms. The number of thiazole rings is 1. The summed E-state index contributed by atoms with van der Waals surface area (Å²) in [7, 11) is 0. The third kappa shape index (κ3) is 3.17. The van der Waals surface area contributed by atoms with Crippen LogP contribution in [0.4, 0.5) is 0 Å². The van der Waals surface area contributed by atoms with Gasteiger partial charge in [-0.05, 0) is 12.0 Å². The highest BCUT2D eigenvalue weighted by Crippen LogP contribution is 2.34. The summed E-state index contributed by atoms with van der Waals surface area (Å²) < 4.78 is 0. The summed E-state index contributed by atoms with van der Waals surface area (Å²) in [5, 5.41) is 12.4. The molecule has 4 heteroatoms. The zero-order valence-electron chi connectivity index (χ0n) is 12.8. The summed E-state index contributed by atoms with van der Waals surface area (Å²) >= 11 is 1.58. The van der Waals surface area contributed by atoms with Crippen LogP contribution in [0.5, 0.6) is 0 Å². The van der Waals surface area contributed by atoms with Gasteiger partial charge in [-0.1, -0.05) is 61.5 Å². The van der Waals surface area contributed by atoms with Crippen molar-refractivity contribution in [3.05, 3.63) is 65.5 Å². The molecule has 1 unspecified atom stereocenters. The molecule has 1 aromatic heterocycles. The molecule has 3 nitrogen and oxygen atoms in total. The van der Waals surface area contributed by atoms with Crippen LogP contribution in [0.2, 0.25) is 0 Å². The van der Waals surface area contributed by atoms with E-state index < -0.39 is 11.9 Å². The Labute approximate surface area is 139 Å². The van der Waals surface area contributed by atoms with E-state index in [4.69, 9.17) is 4.98 Å². The van der Waals surface area contributed by atoms with Gasteiger partial charge in [0.2, 0.25) is 0 Å². The minimum absolute atomic E-state index is 0.506. The van der Waals surface area contributed by atoms with Crippen LogP contribution in [-0.2, 0) is 4.79 Å². The van der Waals surface area contributed by atoms with E-state index in [0.717, 1.165) is 27.4 Å². The van der Waals surface area contributed by atoms with Crippen LogP contribution in [0.1, 0.15) is 24.8 Å². The maximum atomic E-state index is 11.5. The molecule has 3 aromatic rings. The Hall–Kier alpha value is -2.46. The average molecular weight is 323 g/mol. The maximum Gasteiger partial charge on any atom is 0.310 e. The van der Waals surface area contributed by atoms with Gasteiger partial charge in [0.05, 0.1) is 11.6 Å². The fraction of sp³-hybridized carbons (Fsp3) is 0.158. The lowest BCUT2D eigenvalue weighted by Gasteiger charge is -2.14. The van der Waals surface area contributed by atoms with Crippen LogP contribution in [0.3, 0.4) is 0 Å². The van der Waals surface area contributed by atoms with E-state index in [2.05, 4.69) is 0 Å². The third-order valence-corrected chi connectivity index (χ3v) is 4.73. The van der Waals surface area contributed by atoms with Crippen molar-refractivity contribution in [2.75, 3.05) is 0 Å². The third-order valence-electron chi connectivity index (χ3n) is 3.84. The predicted octanol–water partition coefficient (Wildman–Crippen LogP) is 5.06. The smallest absolute Gasteiger partial charge is 0.310 e. The van der Waals surface area contributed by atoms with Crippen LogP contribution in [-0.4, -0.2) is 16.1 Å². The van der Waals surface area contributed by atoms with E-state index in [1.54, 1.807) is 11.3 Å². The molecular weight excluding hydrogens is 306 g/mol. The molecule has 0 saturated carbocycles. The van der Waals surface area contributed by atoms with E-state index in [9.17, 15) is 9.90 Å². The number of carbonyl (C=O) groups is 1. The van der Waals surface area contributed by atoms with Gasteiger partial charge in [0.15, 0.2) is 0 Å². The fourth-order valence-electron chi connectivity index (χ4n) is 2.67. The fourth-order valence-corrected chi connectivity index (χ4v) is 3.50. The minimum atomic E-state index is -0.793. The number of carboxylic acids is 1. The normalized spacial score (nSPS) is 12.0. The molecule has 0 aliphatic rings. The molecule has 0 spiro atoms. The number of rotatable bonds is 5. The molecule has 1 heterocycles. The summed E-state index contributed by atoms with van der Waals surface area (Å²) in [6.45, 7) is 1.89. The van der Waals surface area contributed by atoms with Crippen LogP contribution in [0.15, 0.2) is 60.0 Å². The van der Waals surface area contributed by atoms with E-state index in [1.165, 1.54) is 0 Å². The lowest BCUT2D eigenvalue weighted by molar-refractivity contribution is -0.138. The van der Waals surface area contributed by atoms with E-state index in [1.807, 2.05) is 66.9 Å². The Morgan fingerprint density at radius 3 is 2.52 bits per heavy atom. The van der Waals surface area contributed by atoms with Crippen molar-refractivity contribution in [3.8, 4) is 21.8 Å². The summed E-state index contributed by atoms with van der Waals surface area (Å²) in [5.74, 6) is -1.30. The highest BCUT2D eigenvalue weighted by atomic mass is 32.1. The van der Waals surface area contributed by atoms with Gasteiger partial charge in [-0.2, -0.15) is 0 Å². The Kier molecular flexibility index (Phi) is 4.53. The van der Waals surface area contributed by atoms with Gasteiger partial charge < -0.3 is 5.11 Å². The number of benzene rings is 2. The topological polar surface area (TPSA) is 50.2 Å². The van der Waals surface area contributed by atoms with Crippen LogP contribution >= 0.6 is 11.3 Å². The van der Waals surface area contributed by atoms with Crippen molar-refractivity contribution >= 4 is 17.3 Å².